The van der Waals surface area contributed by atoms with Gasteiger partial charge in [0, 0.05) is 23.6 Å². The first kappa shape index (κ1) is 17.9. The molecule has 26 heavy (non-hydrogen) atoms. The van der Waals surface area contributed by atoms with Crippen molar-refractivity contribution in [3.63, 3.8) is 0 Å². The van der Waals surface area contributed by atoms with Crippen molar-refractivity contribution in [3.05, 3.63) is 58.5 Å². The summed E-state index contributed by atoms with van der Waals surface area (Å²) >= 11 is 3.19. The van der Waals surface area contributed by atoms with E-state index in [1.54, 1.807) is 18.2 Å². The quantitative estimate of drug-likeness (QED) is 0.666. The van der Waals surface area contributed by atoms with E-state index in [1.165, 1.54) is 12.3 Å². The van der Waals surface area contributed by atoms with Gasteiger partial charge in [0.2, 0.25) is 11.9 Å². The molecule has 0 aliphatic carbocycles. The molecule has 0 atom stereocenters. The summed E-state index contributed by atoms with van der Waals surface area (Å²) < 4.78 is 39.5. The van der Waals surface area contributed by atoms with Crippen molar-refractivity contribution in [1.29, 1.82) is 0 Å². The SMILES string of the molecule is NC(=O)c1cccc(Nc2ncc(Br)c(-n3ccc(C(F)(F)F)n3)n2)c1. The van der Waals surface area contributed by atoms with E-state index < -0.39 is 17.8 Å². The lowest BCUT2D eigenvalue weighted by atomic mass is 10.2. The number of nitrogens with one attached hydrogen (secondary N) is 1. The highest BCUT2D eigenvalue weighted by atomic mass is 79.9. The largest absolute Gasteiger partial charge is 0.435 e. The number of primary amides is 1. The van der Waals surface area contributed by atoms with Crippen LogP contribution in [0.15, 0.2) is 47.2 Å². The van der Waals surface area contributed by atoms with Crippen LogP contribution in [0.3, 0.4) is 0 Å². The third-order valence-electron chi connectivity index (χ3n) is 3.23. The zero-order valence-corrected chi connectivity index (χ0v) is 14.4. The van der Waals surface area contributed by atoms with Gasteiger partial charge in [-0.1, -0.05) is 6.07 Å². The maximum atomic E-state index is 12.7. The summed E-state index contributed by atoms with van der Waals surface area (Å²) in [5, 5.41) is 6.34. The first-order chi connectivity index (χ1) is 12.2. The minimum atomic E-state index is -4.55. The predicted molar refractivity (Wildman–Crippen MR) is 90.1 cm³/mol. The summed E-state index contributed by atoms with van der Waals surface area (Å²) in [4.78, 5) is 19.4. The zero-order valence-electron chi connectivity index (χ0n) is 12.8. The fourth-order valence-electron chi connectivity index (χ4n) is 2.05. The number of nitrogens with two attached hydrogens (primary N) is 1. The highest BCUT2D eigenvalue weighted by Gasteiger charge is 2.33. The van der Waals surface area contributed by atoms with Gasteiger partial charge in [0.05, 0.1) is 4.47 Å². The van der Waals surface area contributed by atoms with Crippen LogP contribution in [0.1, 0.15) is 16.1 Å². The standard InChI is InChI=1S/C15H10BrF3N6O/c16-10-7-21-14(22-9-3-1-2-8(6-9)12(20)26)23-13(10)25-5-4-11(24-25)15(17,18)19/h1-7H,(H2,20,26)(H,21,22,23). The topological polar surface area (TPSA) is 98.7 Å². The molecule has 0 aliphatic rings. The number of carbonyl (C=O) groups is 1. The molecule has 0 fully saturated rings. The van der Waals surface area contributed by atoms with Crippen LogP contribution in [0.5, 0.6) is 0 Å². The second-order valence-corrected chi connectivity index (χ2v) is 5.93. The molecule has 0 spiro atoms. The molecular formula is C15H10BrF3N6O. The van der Waals surface area contributed by atoms with Gasteiger partial charge >= 0.3 is 6.18 Å². The van der Waals surface area contributed by atoms with Crippen molar-refractivity contribution >= 4 is 33.5 Å². The molecule has 0 saturated heterocycles. The number of halogens is 4. The van der Waals surface area contributed by atoms with Gasteiger partial charge in [-0.05, 0) is 40.2 Å². The Bertz CT molecular complexity index is 972. The van der Waals surface area contributed by atoms with E-state index in [1.807, 2.05) is 0 Å². The fraction of sp³-hybridized carbons (Fsp3) is 0.0667. The van der Waals surface area contributed by atoms with Crippen LogP contribution in [0, 0.1) is 0 Å². The highest BCUT2D eigenvalue weighted by Crippen LogP contribution is 2.29. The average molecular weight is 427 g/mol. The molecule has 1 aromatic carbocycles. The molecule has 7 nitrogen and oxygen atoms in total. The fourth-order valence-corrected chi connectivity index (χ4v) is 2.42. The molecule has 2 heterocycles. The molecule has 3 rings (SSSR count). The Balaban J connectivity index is 1.92. The highest BCUT2D eigenvalue weighted by molar-refractivity contribution is 9.10. The van der Waals surface area contributed by atoms with E-state index >= 15 is 0 Å². The third kappa shape index (κ3) is 3.82. The molecule has 0 bridgehead atoms. The van der Waals surface area contributed by atoms with Crippen LogP contribution in [0.4, 0.5) is 24.8 Å². The lowest BCUT2D eigenvalue weighted by Gasteiger charge is -2.09. The number of alkyl halides is 3. The number of anilines is 2. The van der Waals surface area contributed by atoms with Crippen molar-refractivity contribution in [3.8, 4) is 5.82 Å². The van der Waals surface area contributed by atoms with E-state index in [0.29, 0.717) is 10.2 Å². The Morgan fingerprint density at radius 1 is 1.27 bits per heavy atom. The van der Waals surface area contributed by atoms with E-state index in [4.69, 9.17) is 5.73 Å². The van der Waals surface area contributed by atoms with E-state index in [0.717, 1.165) is 16.9 Å². The van der Waals surface area contributed by atoms with Crippen LogP contribution >= 0.6 is 15.9 Å². The summed E-state index contributed by atoms with van der Waals surface area (Å²) in [6.45, 7) is 0. The lowest BCUT2D eigenvalue weighted by Crippen LogP contribution is -2.11. The monoisotopic (exact) mass is 426 g/mol. The summed E-state index contributed by atoms with van der Waals surface area (Å²) in [5.74, 6) is -0.375. The lowest BCUT2D eigenvalue weighted by molar-refractivity contribution is -0.141. The molecule has 3 N–H and O–H groups in total. The Labute approximate surface area is 153 Å². The number of amides is 1. The first-order valence-electron chi connectivity index (χ1n) is 7.07. The second-order valence-electron chi connectivity index (χ2n) is 5.08. The zero-order chi connectivity index (χ0) is 18.9. The number of hydrogen-bond acceptors (Lipinski definition) is 5. The van der Waals surface area contributed by atoms with E-state index in [-0.39, 0.29) is 17.3 Å². The Morgan fingerprint density at radius 3 is 2.69 bits per heavy atom. The molecule has 0 unspecified atom stereocenters. The molecule has 2 aromatic heterocycles. The maximum absolute atomic E-state index is 12.7. The van der Waals surface area contributed by atoms with Crippen molar-refractivity contribution in [2.24, 2.45) is 5.73 Å². The van der Waals surface area contributed by atoms with Gasteiger partial charge in [0.15, 0.2) is 11.5 Å². The number of hydrogen-bond donors (Lipinski definition) is 2. The van der Waals surface area contributed by atoms with Gasteiger partial charge in [-0.15, -0.1) is 0 Å². The third-order valence-corrected chi connectivity index (χ3v) is 3.78. The Kier molecular flexibility index (Phi) is 4.64. The van der Waals surface area contributed by atoms with Gasteiger partial charge in [-0.2, -0.15) is 23.3 Å². The molecule has 11 heteroatoms. The minimum Gasteiger partial charge on any atom is -0.366 e. The maximum Gasteiger partial charge on any atom is 0.435 e. The Morgan fingerprint density at radius 2 is 2.04 bits per heavy atom. The Hall–Kier alpha value is -2.95. The van der Waals surface area contributed by atoms with Gasteiger partial charge < -0.3 is 11.1 Å². The van der Waals surface area contributed by atoms with Crippen molar-refractivity contribution in [2.75, 3.05) is 5.32 Å². The number of carbonyl (C=O) groups excluding carboxylic acids is 1. The van der Waals surface area contributed by atoms with Crippen molar-refractivity contribution < 1.29 is 18.0 Å². The van der Waals surface area contributed by atoms with E-state index in [9.17, 15) is 18.0 Å². The van der Waals surface area contributed by atoms with Crippen LogP contribution < -0.4 is 11.1 Å². The van der Waals surface area contributed by atoms with Crippen molar-refractivity contribution in [2.45, 2.75) is 6.18 Å². The molecule has 3 aromatic rings. The van der Waals surface area contributed by atoms with Crippen LogP contribution in [0.2, 0.25) is 0 Å². The minimum absolute atomic E-state index is 0.105. The predicted octanol–water partition coefficient (Wildman–Crippen LogP) is 3.29. The van der Waals surface area contributed by atoms with Crippen LogP contribution in [-0.2, 0) is 6.18 Å². The normalized spacial score (nSPS) is 11.4. The number of nitrogens with zero attached hydrogens (tertiary/aromatic N) is 4. The van der Waals surface area contributed by atoms with Gasteiger partial charge in [0.25, 0.3) is 0 Å². The van der Waals surface area contributed by atoms with Crippen LogP contribution in [0.25, 0.3) is 5.82 Å². The molecule has 0 radical (unpaired) electrons. The molecular weight excluding hydrogens is 417 g/mol. The van der Waals surface area contributed by atoms with Crippen molar-refractivity contribution in [1.82, 2.24) is 19.7 Å². The smallest absolute Gasteiger partial charge is 0.366 e. The first-order valence-corrected chi connectivity index (χ1v) is 7.86. The van der Waals surface area contributed by atoms with Gasteiger partial charge in [-0.3, -0.25) is 4.79 Å². The molecule has 134 valence electrons. The second kappa shape index (κ2) is 6.75. The van der Waals surface area contributed by atoms with E-state index in [2.05, 4.69) is 36.3 Å². The number of benzene rings is 1. The summed E-state index contributed by atoms with van der Waals surface area (Å²) in [7, 11) is 0. The molecule has 1 amide bonds. The molecule has 0 saturated carbocycles. The van der Waals surface area contributed by atoms with Crippen LogP contribution in [-0.4, -0.2) is 25.7 Å². The number of rotatable bonds is 4. The summed E-state index contributed by atoms with van der Waals surface area (Å²) in [6.07, 6.45) is -2.04. The van der Waals surface area contributed by atoms with Gasteiger partial charge in [0.1, 0.15) is 0 Å². The van der Waals surface area contributed by atoms with Gasteiger partial charge in [-0.25, -0.2) is 9.67 Å². The molecule has 0 aliphatic heterocycles. The summed E-state index contributed by atoms with van der Waals surface area (Å²) in [5.41, 5.74) is 4.97. The number of aromatic nitrogens is 4. The average Bonchev–Trinajstić information content (AvgIpc) is 3.07. The summed E-state index contributed by atoms with van der Waals surface area (Å²) in [6, 6.07) is 7.17.